The van der Waals surface area contributed by atoms with Crippen molar-refractivity contribution < 1.29 is 13.2 Å². The standard InChI is InChI=1S/C14H9BrCl2F3N/c15-10-4-9(14(18,19)20)5-11(6-10)21-7-8-1-2-12(16)13(17)3-8/h1-6,21H,7H2. The van der Waals surface area contributed by atoms with Crippen LogP contribution in [0.4, 0.5) is 18.9 Å². The van der Waals surface area contributed by atoms with Gasteiger partial charge in [-0.3, -0.25) is 0 Å². The van der Waals surface area contributed by atoms with Crippen molar-refractivity contribution in [3.63, 3.8) is 0 Å². The van der Waals surface area contributed by atoms with E-state index in [2.05, 4.69) is 21.2 Å². The summed E-state index contributed by atoms with van der Waals surface area (Å²) in [5, 5.41) is 3.77. The number of halogens is 6. The molecule has 7 heteroatoms. The molecule has 112 valence electrons. The first-order chi connectivity index (χ1) is 9.75. The second-order valence-electron chi connectivity index (χ2n) is 4.33. The Morgan fingerprint density at radius 2 is 1.71 bits per heavy atom. The Morgan fingerprint density at radius 3 is 2.33 bits per heavy atom. The molecule has 2 rings (SSSR count). The molecule has 2 aromatic carbocycles. The van der Waals surface area contributed by atoms with Gasteiger partial charge in [0.1, 0.15) is 0 Å². The van der Waals surface area contributed by atoms with Gasteiger partial charge in [0.15, 0.2) is 0 Å². The highest BCUT2D eigenvalue weighted by molar-refractivity contribution is 9.10. The van der Waals surface area contributed by atoms with E-state index in [0.717, 1.165) is 17.7 Å². The van der Waals surface area contributed by atoms with Crippen molar-refractivity contribution in [1.29, 1.82) is 0 Å². The van der Waals surface area contributed by atoms with Gasteiger partial charge >= 0.3 is 6.18 Å². The predicted molar refractivity (Wildman–Crippen MR) is 82.9 cm³/mol. The van der Waals surface area contributed by atoms with Gasteiger partial charge in [0.2, 0.25) is 0 Å². The van der Waals surface area contributed by atoms with Crippen LogP contribution in [0.25, 0.3) is 0 Å². The summed E-state index contributed by atoms with van der Waals surface area (Å²) in [5.74, 6) is 0. The summed E-state index contributed by atoms with van der Waals surface area (Å²) in [6, 6.07) is 8.73. The largest absolute Gasteiger partial charge is 0.416 e. The third kappa shape index (κ3) is 4.53. The number of nitrogens with one attached hydrogen (secondary N) is 1. The first-order valence-corrected chi connectivity index (χ1v) is 7.36. The maximum absolute atomic E-state index is 12.7. The van der Waals surface area contributed by atoms with E-state index in [1.165, 1.54) is 0 Å². The molecule has 0 saturated heterocycles. The van der Waals surface area contributed by atoms with E-state index >= 15 is 0 Å². The van der Waals surface area contributed by atoms with Crippen molar-refractivity contribution >= 4 is 44.8 Å². The average Bonchev–Trinajstić information content (AvgIpc) is 2.38. The Morgan fingerprint density at radius 1 is 1.00 bits per heavy atom. The fraction of sp³-hybridized carbons (Fsp3) is 0.143. The summed E-state index contributed by atoms with van der Waals surface area (Å²) in [4.78, 5) is 0. The van der Waals surface area contributed by atoms with Crippen molar-refractivity contribution in [2.75, 3.05) is 5.32 Å². The Labute approximate surface area is 138 Å². The molecular weight excluding hydrogens is 390 g/mol. The number of benzene rings is 2. The summed E-state index contributed by atoms with van der Waals surface area (Å²) in [5.41, 5.74) is 0.467. The molecule has 21 heavy (non-hydrogen) atoms. The molecule has 0 aliphatic carbocycles. The number of alkyl halides is 3. The smallest absolute Gasteiger partial charge is 0.381 e. The third-order valence-corrected chi connectivity index (χ3v) is 3.90. The van der Waals surface area contributed by atoms with E-state index < -0.39 is 11.7 Å². The summed E-state index contributed by atoms with van der Waals surface area (Å²) in [6.45, 7) is 0.338. The monoisotopic (exact) mass is 397 g/mol. The van der Waals surface area contributed by atoms with Gasteiger partial charge in [-0.25, -0.2) is 0 Å². The summed E-state index contributed by atoms with van der Waals surface area (Å²) >= 11 is 14.8. The second-order valence-corrected chi connectivity index (χ2v) is 6.06. The number of rotatable bonds is 3. The van der Waals surface area contributed by atoms with Crippen LogP contribution in [0.2, 0.25) is 10.0 Å². The number of anilines is 1. The first kappa shape index (κ1) is 16.5. The SMILES string of the molecule is FC(F)(F)c1cc(Br)cc(NCc2ccc(Cl)c(Cl)c2)c1. The van der Waals surface area contributed by atoms with Gasteiger partial charge in [-0.05, 0) is 35.9 Å². The Kier molecular flexibility index (Phi) is 5.07. The highest BCUT2D eigenvalue weighted by Gasteiger charge is 2.31. The summed E-state index contributed by atoms with van der Waals surface area (Å²) in [7, 11) is 0. The van der Waals surface area contributed by atoms with Gasteiger partial charge in [0.05, 0.1) is 15.6 Å². The summed E-state index contributed by atoms with van der Waals surface area (Å²) < 4.78 is 38.5. The van der Waals surface area contributed by atoms with Crippen LogP contribution in [0.15, 0.2) is 40.9 Å². The predicted octanol–water partition coefficient (Wildman–Crippen LogP) is 6.39. The van der Waals surface area contributed by atoms with Crippen LogP contribution in [0.1, 0.15) is 11.1 Å². The summed E-state index contributed by atoms with van der Waals surface area (Å²) in [6.07, 6.45) is -4.39. The third-order valence-electron chi connectivity index (χ3n) is 2.71. The van der Waals surface area contributed by atoms with E-state index in [-0.39, 0.29) is 0 Å². The van der Waals surface area contributed by atoms with Gasteiger partial charge in [0, 0.05) is 16.7 Å². The highest BCUT2D eigenvalue weighted by Crippen LogP contribution is 2.33. The van der Waals surface area contributed by atoms with E-state index in [4.69, 9.17) is 23.2 Å². The normalized spacial score (nSPS) is 11.5. The second kappa shape index (κ2) is 6.46. The molecule has 2 aromatic rings. The molecule has 1 N–H and O–H groups in total. The molecule has 0 amide bonds. The van der Waals surface area contributed by atoms with Crippen molar-refractivity contribution in [1.82, 2.24) is 0 Å². The van der Waals surface area contributed by atoms with Crippen molar-refractivity contribution in [3.05, 3.63) is 62.0 Å². The quantitative estimate of drug-likeness (QED) is 0.631. The fourth-order valence-electron chi connectivity index (χ4n) is 1.71. The molecule has 0 aromatic heterocycles. The zero-order chi connectivity index (χ0) is 15.6. The van der Waals surface area contributed by atoms with Crippen LogP contribution >= 0.6 is 39.1 Å². The fourth-order valence-corrected chi connectivity index (χ4v) is 2.52. The Bertz CT molecular complexity index is 659. The van der Waals surface area contributed by atoms with E-state index in [9.17, 15) is 13.2 Å². The van der Waals surface area contributed by atoms with Gasteiger partial charge in [0.25, 0.3) is 0 Å². The highest BCUT2D eigenvalue weighted by atomic mass is 79.9. The molecule has 0 aliphatic rings. The lowest BCUT2D eigenvalue weighted by Gasteiger charge is -2.12. The van der Waals surface area contributed by atoms with Gasteiger partial charge in [-0.15, -0.1) is 0 Å². The molecule has 0 aliphatic heterocycles. The lowest BCUT2D eigenvalue weighted by atomic mass is 10.1. The molecule has 0 fully saturated rings. The topological polar surface area (TPSA) is 12.0 Å². The maximum atomic E-state index is 12.7. The van der Waals surface area contributed by atoms with Crippen LogP contribution < -0.4 is 5.32 Å². The minimum atomic E-state index is -4.39. The molecule has 0 heterocycles. The molecule has 0 radical (unpaired) electrons. The molecule has 0 bridgehead atoms. The first-order valence-electron chi connectivity index (χ1n) is 5.81. The lowest BCUT2D eigenvalue weighted by Crippen LogP contribution is -2.07. The van der Waals surface area contributed by atoms with Gasteiger partial charge < -0.3 is 5.32 Å². The maximum Gasteiger partial charge on any atom is 0.416 e. The minimum Gasteiger partial charge on any atom is -0.381 e. The zero-order valence-corrected chi connectivity index (χ0v) is 13.5. The van der Waals surface area contributed by atoms with Crippen LogP contribution in [-0.4, -0.2) is 0 Å². The molecule has 0 unspecified atom stereocenters. The molecular formula is C14H9BrCl2F3N. The van der Waals surface area contributed by atoms with Crippen LogP contribution in [0.3, 0.4) is 0 Å². The molecule has 0 saturated carbocycles. The van der Waals surface area contributed by atoms with Crippen molar-refractivity contribution in [3.8, 4) is 0 Å². The Hall–Kier alpha value is -0.910. The van der Waals surface area contributed by atoms with Crippen molar-refractivity contribution in [2.45, 2.75) is 12.7 Å². The van der Waals surface area contributed by atoms with E-state index in [1.807, 2.05) is 0 Å². The van der Waals surface area contributed by atoms with Gasteiger partial charge in [-0.2, -0.15) is 13.2 Å². The molecule has 0 atom stereocenters. The van der Waals surface area contributed by atoms with Gasteiger partial charge in [-0.1, -0.05) is 45.2 Å². The Balaban J connectivity index is 2.16. The van der Waals surface area contributed by atoms with E-state index in [0.29, 0.717) is 26.8 Å². The van der Waals surface area contributed by atoms with Crippen LogP contribution in [-0.2, 0) is 12.7 Å². The van der Waals surface area contributed by atoms with Crippen LogP contribution in [0.5, 0.6) is 0 Å². The zero-order valence-electron chi connectivity index (χ0n) is 10.4. The minimum absolute atomic E-state index is 0.338. The molecule has 1 nitrogen and oxygen atoms in total. The molecule has 0 spiro atoms. The van der Waals surface area contributed by atoms with Crippen LogP contribution in [0, 0.1) is 0 Å². The number of hydrogen-bond acceptors (Lipinski definition) is 1. The number of hydrogen-bond donors (Lipinski definition) is 1. The average molecular weight is 399 g/mol. The lowest BCUT2D eigenvalue weighted by molar-refractivity contribution is -0.137. The van der Waals surface area contributed by atoms with E-state index in [1.54, 1.807) is 24.3 Å². The van der Waals surface area contributed by atoms with Crippen molar-refractivity contribution in [2.24, 2.45) is 0 Å².